The van der Waals surface area contributed by atoms with Crippen molar-refractivity contribution in [3.05, 3.63) is 0 Å². The number of nitrogens with one attached hydrogen (secondary N) is 1. The average Bonchev–Trinajstić information content (AvgIpc) is 2.21. The van der Waals surface area contributed by atoms with Gasteiger partial charge in [-0.3, -0.25) is 11.3 Å². The summed E-state index contributed by atoms with van der Waals surface area (Å²) in [4.78, 5) is 0. The van der Waals surface area contributed by atoms with E-state index in [2.05, 4.69) is 5.43 Å². The summed E-state index contributed by atoms with van der Waals surface area (Å²) in [5.74, 6) is 6.77. The first-order valence-electron chi connectivity index (χ1n) is 5.04. The summed E-state index contributed by atoms with van der Waals surface area (Å²) >= 11 is 2.02. The molecule has 4 heteroatoms. The minimum absolute atomic E-state index is 0.324. The minimum Gasteiger partial charge on any atom is -0.380 e. The van der Waals surface area contributed by atoms with Crippen LogP contribution in [0.25, 0.3) is 0 Å². The van der Waals surface area contributed by atoms with Crippen LogP contribution in [0.2, 0.25) is 0 Å². The summed E-state index contributed by atoms with van der Waals surface area (Å²) in [5, 5.41) is 0.644. The smallest absolute Gasteiger partial charge is 0.0643 e. The molecule has 1 aliphatic heterocycles. The van der Waals surface area contributed by atoms with E-state index in [1.807, 2.05) is 18.7 Å². The van der Waals surface area contributed by atoms with Crippen LogP contribution in [0.3, 0.4) is 0 Å². The van der Waals surface area contributed by atoms with Gasteiger partial charge in [0.05, 0.1) is 12.6 Å². The van der Waals surface area contributed by atoms with Crippen molar-refractivity contribution in [2.75, 3.05) is 19.0 Å². The van der Waals surface area contributed by atoms with Crippen LogP contribution in [-0.2, 0) is 4.74 Å². The van der Waals surface area contributed by atoms with Crippen molar-refractivity contribution in [1.29, 1.82) is 0 Å². The van der Waals surface area contributed by atoms with Crippen LogP contribution in [0, 0.1) is 0 Å². The van der Waals surface area contributed by atoms with Gasteiger partial charge in [-0.05, 0) is 25.5 Å². The van der Waals surface area contributed by atoms with E-state index in [9.17, 15) is 0 Å². The normalized spacial score (nSPS) is 25.8. The molecule has 3 N–H and O–H groups in total. The third kappa shape index (κ3) is 3.85. The summed E-state index contributed by atoms with van der Waals surface area (Å²) in [5.41, 5.74) is 2.86. The minimum atomic E-state index is 0.324. The number of rotatable bonds is 5. The lowest BCUT2D eigenvalue weighted by Gasteiger charge is -2.28. The number of nitrogens with two attached hydrogens (primary N) is 1. The first-order chi connectivity index (χ1) is 6.38. The maximum Gasteiger partial charge on any atom is 0.0643 e. The summed E-state index contributed by atoms with van der Waals surface area (Å²) in [6.45, 7) is 3.53. The lowest BCUT2D eigenvalue weighted by molar-refractivity contribution is 0.120. The summed E-state index contributed by atoms with van der Waals surface area (Å²) in [6.07, 6.45) is 3.96. The molecular weight excluding hydrogens is 184 g/mol. The number of thioether (sulfide) groups is 1. The lowest BCUT2D eigenvalue weighted by atomic mass is 10.1. The van der Waals surface area contributed by atoms with Gasteiger partial charge in [0.15, 0.2) is 0 Å². The average molecular weight is 204 g/mol. The Hall–Kier alpha value is 0.230. The molecule has 1 fully saturated rings. The van der Waals surface area contributed by atoms with Gasteiger partial charge in [0.2, 0.25) is 0 Å². The molecule has 0 bridgehead atoms. The Morgan fingerprint density at radius 3 is 3.00 bits per heavy atom. The largest absolute Gasteiger partial charge is 0.380 e. The highest BCUT2D eigenvalue weighted by Gasteiger charge is 2.22. The van der Waals surface area contributed by atoms with Gasteiger partial charge in [0.1, 0.15) is 0 Å². The Bertz CT molecular complexity index is 129. The monoisotopic (exact) mass is 204 g/mol. The maximum atomic E-state index is 5.50. The zero-order valence-electron chi connectivity index (χ0n) is 8.29. The van der Waals surface area contributed by atoms with Crippen molar-refractivity contribution in [2.45, 2.75) is 37.5 Å². The lowest BCUT2D eigenvalue weighted by Crippen LogP contribution is -2.46. The zero-order chi connectivity index (χ0) is 9.52. The molecule has 0 aromatic rings. The molecule has 1 saturated heterocycles. The highest BCUT2D eigenvalue weighted by Crippen LogP contribution is 2.27. The Balaban J connectivity index is 2.26. The predicted molar refractivity (Wildman–Crippen MR) is 57.7 cm³/mol. The standard InChI is InChI=1S/C9H20N2OS/c1-2-12-7-8(11-10)9-5-3-4-6-13-9/h8-9,11H,2-7,10H2,1H3. The predicted octanol–water partition coefficient (Wildman–Crippen LogP) is 1.14. The van der Waals surface area contributed by atoms with Crippen LogP contribution >= 0.6 is 11.8 Å². The Morgan fingerprint density at radius 2 is 2.46 bits per heavy atom. The Kier molecular flexibility index (Phi) is 5.78. The first kappa shape index (κ1) is 11.3. The second-order valence-electron chi connectivity index (χ2n) is 3.34. The number of hydrazine groups is 1. The molecule has 3 nitrogen and oxygen atoms in total. The van der Waals surface area contributed by atoms with Gasteiger partial charge in [-0.2, -0.15) is 11.8 Å². The third-order valence-electron chi connectivity index (χ3n) is 2.38. The van der Waals surface area contributed by atoms with Crippen LogP contribution in [0.5, 0.6) is 0 Å². The van der Waals surface area contributed by atoms with Crippen molar-refractivity contribution >= 4 is 11.8 Å². The quantitative estimate of drug-likeness (QED) is 0.521. The fraction of sp³-hybridized carbons (Fsp3) is 1.00. The maximum absolute atomic E-state index is 5.50. The number of ether oxygens (including phenoxy) is 1. The van der Waals surface area contributed by atoms with Gasteiger partial charge in [0.25, 0.3) is 0 Å². The molecule has 1 aliphatic rings. The molecule has 0 aromatic heterocycles. The molecule has 0 saturated carbocycles. The molecule has 0 radical (unpaired) electrons. The molecule has 1 rings (SSSR count). The summed E-state index contributed by atoms with van der Waals surface area (Å²) < 4.78 is 5.38. The van der Waals surface area contributed by atoms with E-state index in [4.69, 9.17) is 10.6 Å². The van der Waals surface area contributed by atoms with Gasteiger partial charge in [-0.1, -0.05) is 6.42 Å². The van der Waals surface area contributed by atoms with Crippen LogP contribution in [0.1, 0.15) is 26.2 Å². The summed E-state index contributed by atoms with van der Waals surface area (Å²) in [7, 11) is 0. The molecular formula is C9H20N2OS. The van der Waals surface area contributed by atoms with Crippen LogP contribution in [0.4, 0.5) is 0 Å². The van der Waals surface area contributed by atoms with E-state index in [0.717, 1.165) is 13.2 Å². The van der Waals surface area contributed by atoms with Gasteiger partial charge in [-0.25, -0.2) is 0 Å². The number of hydrogen-bond donors (Lipinski definition) is 2. The van der Waals surface area contributed by atoms with E-state index in [-0.39, 0.29) is 0 Å². The highest BCUT2D eigenvalue weighted by molar-refractivity contribution is 8.00. The molecule has 0 aromatic carbocycles. The topological polar surface area (TPSA) is 47.3 Å². The van der Waals surface area contributed by atoms with Crippen LogP contribution < -0.4 is 11.3 Å². The number of hydrogen-bond acceptors (Lipinski definition) is 4. The zero-order valence-corrected chi connectivity index (χ0v) is 9.11. The second kappa shape index (κ2) is 6.65. The van der Waals surface area contributed by atoms with E-state index < -0.39 is 0 Å². The molecule has 2 atom stereocenters. The fourth-order valence-corrected chi connectivity index (χ4v) is 2.99. The molecule has 1 heterocycles. The van der Waals surface area contributed by atoms with E-state index >= 15 is 0 Å². The van der Waals surface area contributed by atoms with Crippen molar-refractivity contribution < 1.29 is 4.74 Å². The molecule has 78 valence electrons. The molecule has 0 aliphatic carbocycles. The van der Waals surface area contributed by atoms with Crippen molar-refractivity contribution in [3.8, 4) is 0 Å². The van der Waals surface area contributed by atoms with Crippen molar-refractivity contribution in [3.63, 3.8) is 0 Å². The van der Waals surface area contributed by atoms with E-state index in [0.29, 0.717) is 11.3 Å². The summed E-state index contributed by atoms with van der Waals surface area (Å²) in [6, 6.07) is 0.324. The van der Waals surface area contributed by atoms with Crippen LogP contribution in [0.15, 0.2) is 0 Å². The molecule has 0 spiro atoms. The SMILES string of the molecule is CCOCC(NN)C1CCCCS1. The van der Waals surface area contributed by atoms with Crippen LogP contribution in [-0.4, -0.2) is 30.3 Å². The molecule has 2 unspecified atom stereocenters. The van der Waals surface area contributed by atoms with Gasteiger partial charge in [0, 0.05) is 11.9 Å². The van der Waals surface area contributed by atoms with E-state index in [1.165, 1.54) is 25.0 Å². The van der Waals surface area contributed by atoms with E-state index in [1.54, 1.807) is 0 Å². The molecule has 13 heavy (non-hydrogen) atoms. The van der Waals surface area contributed by atoms with Crippen molar-refractivity contribution in [2.24, 2.45) is 5.84 Å². The van der Waals surface area contributed by atoms with Gasteiger partial charge >= 0.3 is 0 Å². The molecule has 0 amide bonds. The second-order valence-corrected chi connectivity index (χ2v) is 4.68. The highest BCUT2D eigenvalue weighted by atomic mass is 32.2. The van der Waals surface area contributed by atoms with Crippen molar-refractivity contribution in [1.82, 2.24) is 5.43 Å². The van der Waals surface area contributed by atoms with Gasteiger partial charge < -0.3 is 4.74 Å². The third-order valence-corrected chi connectivity index (χ3v) is 3.90. The first-order valence-corrected chi connectivity index (χ1v) is 6.08. The van der Waals surface area contributed by atoms with Gasteiger partial charge in [-0.15, -0.1) is 0 Å². The fourth-order valence-electron chi connectivity index (χ4n) is 1.59. The Labute approximate surface area is 84.7 Å². The Morgan fingerprint density at radius 1 is 1.62 bits per heavy atom.